The van der Waals surface area contributed by atoms with Crippen LogP contribution in [0.4, 0.5) is 0 Å². The first-order valence-electron chi connectivity index (χ1n) is 4.83. The molecule has 78 valence electrons. The molecule has 0 saturated carbocycles. The number of carboxylic acid groups (broad SMARTS) is 1. The summed E-state index contributed by atoms with van der Waals surface area (Å²) < 4.78 is 0. The van der Waals surface area contributed by atoms with Crippen molar-refractivity contribution in [3.63, 3.8) is 0 Å². The maximum absolute atomic E-state index is 10.8. The molecule has 0 aliphatic rings. The van der Waals surface area contributed by atoms with Crippen molar-refractivity contribution in [1.29, 1.82) is 0 Å². The number of carbonyl (C=O) groups is 1. The zero-order chi connectivity index (χ0) is 11.1. The molecular weight excluding hydrogens is 188 g/mol. The van der Waals surface area contributed by atoms with E-state index in [0.29, 0.717) is 12.0 Å². The fourth-order valence-electron chi connectivity index (χ4n) is 1.33. The normalized spacial score (nSPS) is 11.1. The van der Waals surface area contributed by atoms with Crippen molar-refractivity contribution in [2.75, 3.05) is 0 Å². The van der Waals surface area contributed by atoms with Crippen molar-refractivity contribution < 1.29 is 9.90 Å². The Morgan fingerprint density at radius 3 is 2.53 bits per heavy atom. The van der Waals surface area contributed by atoms with E-state index in [4.69, 9.17) is 5.11 Å². The lowest BCUT2D eigenvalue weighted by Crippen LogP contribution is -2.01. The van der Waals surface area contributed by atoms with Crippen LogP contribution < -0.4 is 0 Å². The third kappa shape index (κ3) is 3.81. The van der Waals surface area contributed by atoms with Gasteiger partial charge in [0, 0.05) is 5.57 Å². The third-order valence-corrected chi connectivity index (χ3v) is 2.12. The Morgan fingerprint density at radius 1 is 1.33 bits per heavy atom. The molecule has 1 aromatic rings. The molecule has 0 aliphatic carbocycles. The molecule has 0 amide bonds. The Hall–Kier alpha value is -1.83. The first kappa shape index (κ1) is 11.2. The van der Waals surface area contributed by atoms with Crippen molar-refractivity contribution in [2.45, 2.75) is 12.8 Å². The van der Waals surface area contributed by atoms with E-state index in [9.17, 15) is 4.79 Å². The largest absolute Gasteiger partial charge is 0.478 e. The van der Waals surface area contributed by atoms with E-state index in [0.717, 1.165) is 12.0 Å². The van der Waals surface area contributed by atoms with Crippen molar-refractivity contribution >= 4 is 5.97 Å². The van der Waals surface area contributed by atoms with Gasteiger partial charge >= 0.3 is 5.97 Å². The van der Waals surface area contributed by atoms with E-state index in [1.165, 1.54) is 6.08 Å². The predicted octanol–water partition coefficient (Wildman–Crippen LogP) is 2.82. The smallest absolute Gasteiger partial charge is 0.331 e. The Balaban J connectivity index is 2.59. The fourth-order valence-corrected chi connectivity index (χ4v) is 1.33. The molecule has 0 unspecified atom stereocenters. The molecular formula is C13H14O2. The number of hydrogen-bond acceptors (Lipinski definition) is 1. The van der Waals surface area contributed by atoms with E-state index in [-0.39, 0.29) is 0 Å². The summed E-state index contributed by atoms with van der Waals surface area (Å²) in [4.78, 5) is 10.8. The number of aliphatic carboxylic acids is 1. The van der Waals surface area contributed by atoms with Crippen LogP contribution in [0, 0.1) is 0 Å². The molecule has 0 saturated heterocycles. The predicted molar refractivity (Wildman–Crippen MR) is 60.7 cm³/mol. The molecule has 0 aromatic heterocycles. The maximum atomic E-state index is 10.8. The van der Waals surface area contributed by atoms with Gasteiger partial charge in [-0.3, -0.25) is 0 Å². The average Bonchev–Trinajstić information content (AvgIpc) is 2.25. The van der Waals surface area contributed by atoms with Crippen molar-refractivity contribution in [3.8, 4) is 0 Å². The van der Waals surface area contributed by atoms with Crippen LogP contribution in [-0.2, 0) is 11.2 Å². The third-order valence-electron chi connectivity index (χ3n) is 2.12. The van der Waals surface area contributed by atoms with Crippen LogP contribution in [0.1, 0.15) is 12.0 Å². The zero-order valence-electron chi connectivity index (χ0n) is 8.52. The maximum Gasteiger partial charge on any atom is 0.331 e. The van der Waals surface area contributed by atoms with E-state index >= 15 is 0 Å². The lowest BCUT2D eigenvalue weighted by Gasteiger charge is -2.01. The Morgan fingerprint density at radius 2 is 2.00 bits per heavy atom. The average molecular weight is 202 g/mol. The SMILES string of the molecule is C=CC=C(CCc1ccccc1)C(=O)O. The van der Waals surface area contributed by atoms with Crippen molar-refractivity contribution in [1.82, 2.24) is 0 Å². The van der Waals surface area contributed by atoms with E-state index in [1.807, 2.05) is 30.3 Å². The summed E-state index contributed by atoms with van der Waals surface area (Å²) in [5, 5.41) is 8.87. The molecule has 15 heavy (non-hydrogen) atoms. The monoisotopic (exact) mass is 202 g/mol. The first-order chi connectivity index (χ1) is 7.24. The lowest BCUT2D eigenvalue weighted by molar-refractivity contribution is -0.132. The molecule has 0 atom stereocenters. The van der Waals surface area contributed by atoms with Gasteiger partial charge in [-0.25, -0.2) is 4.79 Å². The Labute approximate surface area is 89.6 Å². The second-order valence-corrected chi connectivity index (χ2v) is 3.22. The summed E-state index contributed by atoms with van der Waals surface area (Å²) >= 11 is 0. The fraction of sp³-hybridized carbons (Fsp3) is 0.154. The number of benzene rings is 1. The van der Waals surface area contributed by atoms with Gasteiger partial charge in [-0.2, -0.15) is 0 Å². The van der Waals surface area contributed by atoms with Crippen LogP contribution in [-0.4, -0.2) is 11.1 Å². The molecule has 0 aliphatic heterocycles. The van der Waals surface area contributed by atoms with Crippen LogP contribution in [0.25, 0.3) is 0 Å². The zero-order valence-corrected chi connectivity index (χ0v) is 8.52. The topological polar surface area (TPSA) is 37.3 Å². The van der Waals surface area contributed by atoms with Crippen LogP contribution in [0.3, 0.4) is 0 Å². The van der Waals surface area contributed by atoms with Gasteiger partial charge < -0.3 is 5.11 Å². The molecule has 1 rings (SSSR count). The number of aryl methyl sites for hydroxylation is 1. The molecule has 0 spiro atoms. The van der Waals surface area contributed by atoms with Gasteiger partial charge in [0.2, 0.25) is 0 Å². The number of carboxylic acids is 1. The summed E-state index contributed by atoms with van der Waals surface area (Å²) in [6, 6.07) is 9.84. The van der Waals surface area contributed by atoms with Gasteiger partial charge in [0.25, 0.3) is 0 Å². The quantitative estimate of drug-likeness (QED) is 0.589. The van der Waals surface area contributed by atoms with Crippen molar-refractivity contribution in [3.05, 3.63) is 60.2 Å². The minimum Gasteiger partial charge on any atom is -0.478 e. The van der Waals surface area contributed by atoms with Gasteiger partial charge in [-0.15, -0.1) is 0 Å². The van der Waals surface area contributed by atoms with Gasteiger partial charge in [-0.05, 0) is 18.4 Å². The summed E-state index contributed by atoms with van der Waals surface area (Å²) in [5.41, 5.74) is 1.54. The van der Waals surface area contributed by atoms with Crippen LogP contribution in [0.5, 0.6) is 0 Å². The molecule has 2 nitrogen and oxygen atoms in total. The minimum absolute atomic E-state index is 0.397. The molecule has 2 heteroatoms. The van der Waals surface area contributed by atoms with Crippen LogP contribution in [0.15, 0.2) is 54.6 Å². The molecule has 0 heterocycles. The highest BCUT2D eigenvalue weighted by atomic mass is 16.4. The summed E-state index contributed by atoms with van der Waals surface area (Å²) in [7, 11) is 0. The summed E-state index contributed by atoms with van der Waals surface area (Å²) in [6.07, 6.45) is 4.33. The first-order valence-corrected chi connectivity index (χ1v) is 4.83. The Bertz CT molecular complexity index is 363. The van der Waals surface area contributed by atoms with Crippen LogP contribution >= 0.6 is 0 Å². The van der Waals surface area contributed by atoms with E-state index in [1.54, 1.807) is 6.08 Å². The number of hydrogen-bond donors (Lipinski definition) is 1. The van der Waals surface area contributed by atoms with Crippen LogP contribution in [0.2, 0.25) is 0 Å². The van der Waals surface area contributed by atoms with E-state index < -0.39 is 5.97 Å². The second-order valence-electron chi connectivity index (χ2n) is 3.22. The molecule has 0 fully saturated rings. The number of rotatable bonds is 5. The molecule has 0 bridgehead atoms. The van der Waals surface area contributed by atoms with Gasteiger partial charge in [0.05, 0.1) is 0 Å². The van der Waals surface area contributed by atoms with Crippen molar-refractivity contribution in [2.24, 2.45) is 0 Å². The molecule has 1 N–H and O–H groups in total. The highest BCUT2D eigenvalue weighted by Crippen LogP contribution is 2.09. The van der Waals surface area contributed by atoms with E-state index in [2.05, 4.69) is 6.58 Å². The van der Waals surface area contributed by atoms with Gasteiger partial charge in [0.1, 0.15) is 0 Å². The number of allylic oxidation sites excluding steroid dienone is 2. The van der Waals surface area contributed by atoms with Gasteiger partial charge in [0.15, 0.2) is 0 Å². The van der Waals surface area contributed by atoms with Gasteiger partial charge in [-0.1, -0.05) is 49.1 Å². The summed E-state index contributed by atoms with van der Waals surface area (Å²) in [6.45, 7) is 3.50. The summed E-state index contributed by atoms with van der Waals surface area (Å²) in [5.74, 6) is -0.870. The highest BCUT2D eigenvalue weighted by Gasteiger charge is 2.05. The second kappa shape index (κ2) is 5.81. The Kier molecular flexibility index (Phi) is 4.35. The minimum atomic E-state index is -0.870. The standard InChI is InChI=1S/C13H14O2/c1-2-6-12(13(14)15)10-9-11-7-4-3-5-8-11/h2-8H,1,9-10H2,(H,14,15). The molecule has 0 radical (unpaired) electrons. The molecule has 1 aromatic carbocycles. The lowest BCUT2D eigenvalue weighted by atomic mass is 10.0. The highest BCUT2D eigenvalue weighted by molar-refractivity contribution is 5.86.